The molecule has 0 unspecified atom stereocenters. The number of carbonyl (C=O) groups is 1. The Hall–Kier alpha value is -2.41. The lowest BCUT2D eigenvalue weighted by atomic mass is 9.71. The van der Waals surface area contributed by atoms with Gasteiger partial charge in [0, 0.05) is 39.8 Å². The summed E-state index contributed by atoms with van der Waals surface area (Å²) in [5.41, 5.74) is 2.22. The smallest absolute Gasteiger partial charge is 0.315 e. The fourth-order valence-corrected chi connectivity index (χ4v) is 5.95. The zero-order valence-electron chi connectivity index (χ0n) is 20.2. The van der Waals surface area contributed by atoms with Gasteiger partial charge >= 0.3 is 5.56 Å². The molecule has 0 bridgehead atoms. The van der Waals surface area contributed by atoms with E-state index in [-0.39, 0.29) is 23.1 Å². The number of fused-ring (bicyclic) bond motifs is 1. The Labute approximate surface area is 196 Å². The first-order chi connectivity index (χ1) is 15.9. The quantitative estimate of drug-likeness (QED) is 0.599. The molecule has 1 N–H and O–H groups in total. The Balaban J connectivity index is 1.74. The molecule has 0 aromatic carbocycles. The van der Waals surface area contributed by atoms with E-state index in [1.807, 2.05) is 4.57 Å². The number of amides is 1. The van der Waals surface area contributed by atoms with E-state index in [2.05, 4.69) is 24.1 Å². The highest BCUT2D eigenvalue weighted by atomic mass is 16.5. The molecule has 0 radical (unpaired) electrons. The summed E-state index contributed by atoms with van der Waals surface area (Å²) in [6.45, 7) is 3.36. The third kappa shape index (κ3) is 4.52. The Kier molecular flexibility index (Phi) is 7.07. The number of hydrogen-bond donors (Lipinski definition) is 1. The molecular weight excluding hydrogens is 418 g/mol. The van der Waals surface area contributed by atoms with Gasteiger partial charge in [0.15, 0.2) is 5.69 Å². The van der Waals surface area contributed by atoms with E-state index in [0.717, 1.165) is 44.9 Å². The van der Waals surface area contributed by atoms with Crippen LogP contribution >= 0.6 is 0 Å². The minimum absolute atomic E-state index is 0.0225. The lowest BCUT2D eigenvalue weighted by molar-refractivity contribution is 0.0616. The standard InChI is InChI=1S/C26H37N3O4/c1-4-18-9-7-10-19(15-18)26(12-5-6-13-26)16-21-27-24(31)23(30)22-25(32)28(2)20(17-29(21)22)11-8-14-33-3/h9,15,20,30H,4-8,10-14,16-17H2,1-3H3/t20-/m1/s1. The maximum absolute atomic E-state index is 13.2. The zero-order chi connectivity index (χ0) is 23.6. The number of aromatic hydroxyl groups is 1. The van der Waals surface area contributed by atoms with E-state index in [1.165, 1.54) is 24.0 Å². The molecule has 1 aliphatic heterocycles. The molecule has 1 saturated carbocycles. The summed E-state index contributed by atoms with van der Waals surface area (Å²) in [4.78, 5) is 31.8. The van der Waals surface area contributed by atoms with Crippen LogP contribution in [0, 0.1) is 5.41 Å². The van der Waals surface area contributed by atoms with Crippen LogP contribution in [0.3, 0.4) is 0 Å². The Morgan fingerprint density at radius 2 is 2.03 bits per heavy atom. The van der Waals surface area contributed by atoms with Gasteiger partial charge in [-0.05, 0) is 50.4 Å². The van der Waals surface area contributed by atoms with Gasteiger partial charge in [-0.3, -0.25) is 9.59 Å². The number of hydrogen-bond acceptors (Lipinski definition) is 5. The number of rotatable bonds is 8. The van der Waals surface area contributed by atoms with E-state index in [0.29, 0.717) is 25.4 Å². The second kappa shape index (κ2) is 9.84. The zero-order valence-corrected chi connectivity index (χ0v) is 20.2. The third-order valence-corrected chi connectivity index (χ3v) is 7.92. The highest BCUT2D eigenvalue weighted by molar-refractivity contribution is 5.95. The lowest BCUT2D eigenvalue weighted by Gasteiger charge is -2.38. The predicted octanol–water partition coefficient (Wildman–Crippen LogP) is 3.99. The number of aromatic nitrogens is 2. The van der Waals surface area contributed by atoms with Crippen LogP contribution in [0.25, 0.3) is 0 Å². The van der Waals surface area contributed by atoms with Gasteiger partial charge in [0.2, 0.25) is 5.75 Å². The van der Waals surface area contributed by atoms with Crippen molar-refractivity contribution < 1.29 is 14.6 Å². The molecule has 2 heterocycles. The van der Waals surface area contributed by atoms with Crippen molar-refractivity contribution in [2.45, 2.75) is 83.7 Å². The average molecular weight is 456 g/mol. The lowest BCUT2D eigenvalue weighted by Crippen LogP contribution is -2.48. The minimum atomic E-state index is -0.698. The highest BCUT2D eigenvalue weighted by Gasteiger charge is 2.41. The fraction of sp³-hybridized carbons (Fsp3) is 0.654. The van der Waals surface area contributed by atoms with Gasteiger partial charge in [0.05, 0.1) is 0 Å². The Bertz CT molecular complexity index is 1020. The summed E-state index contributed by atoms with van der Waals surface area (Å²) >= 11 is 0. The predicted molar refractivity (Wildman–Crippen MR) is 127 cm³/mol. The number of likely N-dealkylation sites (N-methyl/N-ethyl adjacent to an activating group) is 1. The Morgan fingerprint density at radius 1 is 1.27 bits per heavy atom. The van der Waals surface area contributed by atoms with Gasteiger partial charge in [-0.15, -0.1) is 0 Å². The van der Waals surface area contributed by atoms with Crippen LogP contribution in [0.1, 0.15) is 81.0 Å². The third-order valence-electron chi connectivity index (χ3n) is 7.92. The van der Waals surface area contributed by atoms with Crippen molar-refractivity contribution in [1.29, 1.82) is 0 Å². The van der Waals surface area contributed by atoms with Gasteiger partial charge in [0.1, 0.15) is 5.82 Å². The van der Waals surface area contributed by atoms with Crippen LogP contribution in [-0.4, -0.2) is 52.3 Å². The number of methoxy groups -OCH3 is 1. The summed E-state index contributed by atoms with van der Waals surface area (Å²) in [6.07, 6.45) is 14.6. The van der Waals surface area contributed by atoms with Gasteiger partial charge in [-0.25, -0.2) is 0 Å². The Morgan fingerprint density at radius 3 is 2.73 bits per heavy atom. The van der Waals surface area contributed by atoms with Gasteiger partial charge in [-0.2, -0.15) is 4.98 Å². The van der Waals surface area contributed by atoms with Crippen LogP contribution in [0.2, 0.25) is 0 Å². The van der Waals surface area contributed by atoms with Crippen molar-refractivity contribution in [3.8, 4) is 5.75 Å². The first kappa shape index (κ1) is 23.7. The molecule has 4 rings (SSSR count). The average Bonchev–Trinajstić information content (AvgIpc) is 3.30. The topological polar surface area (TPSA) is 84.7 Å². The summed E-state index contributed by atoms with van der Waals surface area (Å²) in [6, 6.07) is -0.0225. The summed E-state index contributed by atoms with van der Waals surface area (Å²) in [5.74, 6) is -0.198. The van der Waals surface area contributed by atoms with E-state index in [4.69, 9.17) is 4.74 Å². The molecule has 180 valence electrons. The van der Waals surface area contributed by atoms with Gasteiger partial charge < -0.3 is 19.3 Å². The number of nitrogens with zero attached hydrogens (tertiary/aromatic N) is 3. The van der Waals surface area contributed by atoms with E-state index < -0.39 is 11.3 Å². The van der Waals surface area contributed by atoms with E-state index >= 15 is 0 Å². The van der Waals surface area contributed by atoms with Crippen molar-refractivity contribution in [2.24, 2.45) is 5.41 Å². The first-order valence-electron chi connectivity index (χ1n) is 12.4. The largest absolute Gasteiger partial charge is 0.501 e. The maximum atomic E-state index is 13.2. The number of allylic oxidation sites excluding steroid dienone is 4. The number of ether oxygens (including phenoxy) is 1. The van der Waals surface area contributed by atoms with Crippen LogP contribution in [0.15, 0.2) is 28.1 Å². The fourth-order valence-electron chi connectivity index (χ4n) is 5.95. The summed E-state index contributed by atoms with van der Waals surface area (Å²) in [7, 11) is 3.42. The molecule has 1 aromatic rings. The first-order valence-corrected chi connectivity index (χ1v) is 12.4. The number of carbonyl (C=O) groups excluding carboxylic acids is 1. The van der Waals surface area contributed by atoms with Crippen molar-refractivity contribution in [2.75, 3.05) is 20.8 Å². The second-order valence-corrected chi connectivity index (χ2v) is 9.85. The highest BCUT2D eigenvalue weighted by Crippen LogP contribution is 2.49. The molecule has 3 aliphatic rings. The molecule has 7 heteroatoms. The monoisotopic (exact) mass is 455 g/mol. The van der Waals surface area contributed by atoms with Crippen LogP contribution < -0.4 is 5.56 Å². The molecule has 1 aromatic heterocycles. The molecule has 2 aliphatic carbocycles. The van der Waals surface area contributed by atoms with Gasteiger partial charge in [-0.1, -0.05) is 43.1 Å². The molecule has 1 fully saturated rings. The molecule has 1 amide bonds. The van der Waals surface area contributed by atoms with Crippen LogP contribution in [0.5, 0.6) is 5.75 Å². The van der Waals surface area contributed by atoms with E-state index in [9.17, 15) is 14.7 Å². The van der Waals surface area contributed by atoms with Crippen LogP contribution in [-0.2, 0) is 17.7 Å². The van der Waals surface area contributed by atoms with Gasteiger partial charge in [0.25, 0.3) is 5.91 Å². The van der Waals surface area contributed by atoms with Crippen molar-refractivity contribution in [3.63, 3.8) is 0 Å². The summed E-state index contributed by atoms with van der Waals surface area (Å²) in [5, 5.41) is 10.5. The molecule has 0 saturated heterocycles. The normalized spacial score (nSPS) is 22.2. The van der Waals surface area contributed by atoms with E-state index in [1.54, 1.807) is 19.1 Å². The molecule has 1 atom stereocenters. The van der Waals surface area contributed by atoms with Crippen molar-refractivity contribution in [3.05, 3.63) is 45.2 Å². The van der Waals surface area contributed by atoms with Crippen molar-refractivity contribution >= 4 is 5.91 Å². The van der Waals surface area contributed by atoms with Crippen LogP contribution in [0.4, 0.5) is 0 Å². The molecule has 0 spiro atoms. The minimum Gasteiger partial charge on any atom is -0.501 e. The molecule has 33 heavy (non-hydrogen) atoms. The second-order valence-electron chi connectivity index (χ2n) is 9.85. The molecule has 7 nitrogen and oxygen atoms in total. The summed E-state index contributed by atoms with van der Waals surface area (Å²) < 4.78 is 7.04. The SMILES string of the molecule is CCC1=CCCC(C2(Cc3nc(=O)c(O)c4n3C[C@@H](CCCOC)N(C)C4=O)CCCC2)=C1. The molecular formula is C26H37N3O4. The maximum Gasteiger partial charge on any atom is 0.315 e. The van der Waals surface area contributed by atoms with Crippen molar-refractivity contribution in [1.82, 2.24) is 14.5 Å².